The Balaban J connectivity index is 1.81. The third-order valence-corrected chi connectivity index (χ3v) is 3.96. The van der Waals surface area contributed by atoms with Crippen molar-refractivity contribution in [2.75, 3.05) is 36.6 Å². The van der Waals surface area contributed by atoms with E-state index in [9.17, 15) is 10.1 Å². The molecule has 0 radical (unpaired) electrons. The fourth-order valence-electron chi connectivity index (χ4n) is 2.65. The van der Waals surface area contributed by atoms with E-state index in [-0.39, 0.29) is 29.4 Å². The highest BCUT2D eigenvalue weighted by molar-refractivity contribution is 5.71. The first-order valence-electron chi connectivity index (χ1n) is 8.15. The fourth-order valence-corrected chi connectivity index (χ4v) is 2.65. The summed E-state index contributed by atoms with van der Waals surface area (Å²) in [4.78, 5) is 18.9. The maximum atomic E-state index is 11.3. The molecule has 3 rings (SSSR count). The third-order valence-electron chi connectivity index (χ3n) is 3.96. The van der Waals surface area contributed by atoms with Crippen LogP contribution in [0.15, 0.2) is 24.3 Å². The molecule has 4 N–H and O–H groups in total. The van der Waals surface area contributed by atoms with Gasteiger partial charge < -0.3 is 25.8 Å². The molecule has 26 heavy (non-hydrogen) atoms. The molecule has 1 fully saturated rings. The second kappa shape index (κ2) is 7.83. The predicted octanol–water partition coefficient (Wildman–Crippen LogP) is 2.31. The topological polar surface area (TPSA) is 137 Å². The van der Waals surface area contributed by atoms with Crippen LogP contribution in [0.4, 0.5) is 29.0 Å². The number of nitrogens with one attached hydrogen (secondary N) is 2. The molecule has 0 amide bonds. The minimum Gasteiger partial charge on any atom is -0.497 e. The van der Waals surface area contributed by atoms with Crippen LogP contribution in [0, 0.1) is 10.1 Å². The number of rotatable bonds is 7. The van der Waals surface area contributed by atoms with Crippen molar-refractivity contribution in [2.24, 2.45) is 0 Å². The van der Waals surface area contributed by atoms with Gasteiger partial charge in [0, 0.05) is 18.8 Å². The van der Waals surface area contributed by atoms with E-state index in [4.69, 9.17) is 15.2 Å². The zero-order valence-electron chi connectivity index (χ0n) is 14.3. The Morgan fingerprint density at radius 2 is 2.15 bits per heavy atom. The molecule has 10 heteroatoms. The van der Waals surface area contributed by atoms with Gasteiger partial charge in [0.2, 0.25) is 17.6 Å². The van der Waals surface area contributed by atoms with E-state index in [0.717, 1.165) is 12.8 Å². The van der Waals surface area contributed by atoms with Crippen LogP contribution in [0.2, 0.25) is 0 Å². The lowest BCUT2D eigenvalue weighted by Gasteiger charge is -2.13. The van der Waals surface area contributed by atoms with Crippen LogP contribution in [-0.2, 0) is 4.74 Å². The largest absolute Gasteiger partial charge is 0.497 e. The zero-order chi connectivity index (χ0) is 18.5. The van der Waals surface area contributed by atoms with Crippen molar-refractivity contribution < 1.29 is 14.4 Å². The summed E-state index contributed by atoms with van der Waals surface area (Å²) in [5.41, 5.74) is 6.14. The molecule has 10 nitrogen and oxygen atoms in total. The van der Waals surface area contributed by atoms with Gasteiger partial charge in [0.15, 0.2) is 0 Å². The van der Waals surface area contributed by atoms with E-state index >= 15 is 0 Å². The molecule has 1 aromatic carbocycles. The van der Waals surface area contributed by atoms with Gasteiger partial charge in [-0.25, -0.2) is 0 Å². The van der Waals surface area contributed by atoms with Gasteiger partial charge in [-0.3, -0.25) is 10.1 Å². The maximum Gasteiger partial charge on any atom is 0.353 e. The summed E-state index contributed by atoms with van der Waals surface area (Å²) in [5.74, 6) is 0.719. The van der Waals surface area contributed by atoms with Crippen LogP contribution in [0.3, 0.4) is 0 Å². The number of anilines is 4. The quantitative estimate of drug-likeness (QED) is 0.501. The van der Waals surface area contributed by atoms with Crippen LogP contribution in [-0.4, -0.2) is 41.3 Å². The first kappa shape index (κ1) is 17.7. The Labute approximate surface area is 149 Å². The highest BCUT2D eigenvalue weighted by Crippen LogP contribution is 2.30. The molecule has 1 aromatic heterocycles. The normalized spacial score (nSPS) is 16.3. The van der Waals surface area contributed by atoms with Crippen molar-refractivity contribution in [3.05, 3.63) is 34.4 Å². The average molecular weight is 360 g/mol. The van der Waals surface area contributed by atoms with E-state index in [1.54, 1.807) is 31.4 Å². The first-order chi connectivity index (χ1) is 12.6. The molecule has 1 aliphatic rings. The van der Waals surface area contributed by atoms with Gasteiger partial charge in [-0.05, 0) is 37.1 Å². The molecule has 2 heterocycles. The van der Waals surface area contributed by atoms with E-state index < -0.39 is 4.92 Å². The standard InChI is InChI=1S/C16H20N6O4/c1-25-11-6-4-10(5-7-11)19-16-20-14(17)13(22(23)24)15(21-16)18-9-12-3-2-8-26-12/h4-7,12H,2-3,8-9H2,1H3,(H4,17,18,19,20,21). The monoisotopic (exact) mass is 360 g/mol. The number of hydrogen-bond acceptors (Lipinski definition) is 9. The Hall–Kier alpha value is -3.14. The molecule has 0 saturated carbocycles. The molecule has 1 atom stereocenters. The second-order valence-corrected chi connectivity index (χ2v) is 5.76. The summed E-state index contributed by atoms with van der Waals surface area (Å²) in [6.45, 7) is 1.11. The molecular formula is C16H20N6O4. The number of methoxy groups -OCH3 is 1. The highest BCUT2D eigenvalue weighted by Gasteiger charge is 2.24. The lowest BCUT2D eigenvalue weighted by Crippen LogP contribution is -2.20. The van der Waals surface area contributed by atoms with Gasteiger partial charge in [0.1, 0.15) is 5.75 Å². The van der Waals surface area contributed by atoms with Crippen molar-refractivity contribution in [1.82, 2.24) is 9.97 Å². The number of benzene rings is 1. The molecule has 0 spiro atoms. The minimum atomic E-state index is -0.593. The Kier molecular flexibility index (Phi) is 5.32. The molecule has 0 bridgehead atoms. The number of nitrogens with two attached hydrogens (primary N) is 1. The van der Waals surface area contributed by atoms with Crippen LogP contribution in [0.5, 0.6) is 5.75 Å². The fraction of sp³-hybridized carbons (Fsp3) is 0.375. The Morgan fingerprint density at radius 3 is 2.77 bits per heavy atom. The molecule has 1 unspecified atom stereocenters. The molecular weight excluding hydrogens is 340 g/mol. The summed E-state index contributed by atoms with van der Waals surface area (Å²) >= 11 is 0. The number of hydrogen-bond donors (Lipinski definition) is 3. The Morgan fingerprint density at radius 1 is 1.38 bits per heavy atom. The molecule has 1 aliphatic heterocycles. The van der Waals surface area contributed by atoms with Gasteiger partial charge in [-0.2, -0.15) is 9.97 Å². The summed E-state index contributed by atoms with van der Waals surface area (Å²) in [7, 11) is 1.58. The lowest BCUT2D eigenvalue weighted by molar-refractivity contribution is -0.383. The van der Waals surface area contributed by atoms with Crippen LogP contribution in [0.1, 0.15) is 12.8 Å². The van der Waals surface area contributed by atoms with Gasteiger partial charge in [0.05, 0.1) is 18.1 Å². The van der Waals surface area contributed by atoms with E-state index in [0.29, 0.717) is 24.6 Å². The van der Waals surface area contributed by atoms with Crippen LogP contribution < -0.4 is 21.1 Å². The van der Waals surface area contributed by atoms with Crippen molar-refractivity contribution >= 4 is 29.0 Å². The number of nitrogens with zero attached hydrogens (tertiary/aromatic N) is 3. The van der Waals surface area contributed by atoms with Crippen molar-refractivity contribution in [2.45, 2.75) is 18.9 Å². The van der Waals surface area contributed by atoms with Gasteiger partial charge in [0.25, 0.3) is 0 Å². The van der Waals surface area contributed by atoms with Crippen molar-refractivity contribution in [3.63, 3.8) is 0 Å². The lowest BCUT2D eigenvalue weighted by atomic mass is 10.2. The maximum absolute atomic E-state index is 11.3. The van der Waals surface area contributed by atoms with Gasteiger partial charge >= 0.3 is 5.69 Å². The number of nitrogen functional groups attached to an aromatic ring is 1. The number of nitro groups is 1. The molecule has 2 aromatic rings. The zero-order valence-corrected chi connectivity index (χ0v) is 14.3. The highest BCUT2D eigenvalue weighted by atomic mass is 16.6. The summed E-state index contributed by atoms with van der Waals surface area (Å²) in [5, 5.41) is 17.3. The minimum absolute atomic E-state index is 0.00351. The van der Waals surface area contributed by atoms with Gasteiger partial charge in [-0.15, -0.1) is 0 Å². The van der Waals surface area contributed by atoms with E-state index in [2.05, 4.69) is 20.6 Å². The van der Waals surface area contributed by atoms with Gasteiger partial charge in [-0.1, -0.05) is 0 Å². The second-order valence-electron chi connectivity index (χ2n) is 5.76. The summed E-state index contributed by atoms with van der Waals surface area (Å²) in [6, 6.07) is 7.10. The Bertz CT molecular complexity index is 777. The van der Waals surface area contributed by atoms with E-state index in [1.165, 1.54) is 0 Å². The number of aromatic nitrogens is 2. The third kappa shape index (κ3) is 4.09. The molecule has 138 valence electrons. The van der Waals surface area contributed by atoms with Crippen LogP contribution in [0.25, 0.3) is 0 Å². The summed E-state index contributed by atoms with van der Waals surface area (Å²) < 4.78 is 10.6. The summed E-state index contributed by atoms with van der Waals surface area (Å²) in [6.07, 6.45) is 1.88. The smallest absolute Gasteiger partial charge is 0.353 e. The van der Waals surface area contributed by atoms with E-state index in [1.807, 2.05) is 0 Å². The van der Waals surface area contributed by atoms with Crippen molar-refractivity contribution in [3.8, 4) is 5.75 Å². The first-order valence-corrected chi connectivity index (χ1v) is 8.15. The van der Waals surface area contributed by atoms with Crippen LogP contribution >= 0.6 is 0 Å². The predicted molar refractivity (Wildman–Crippen MR) is 96.8 cm³/mol. The molecule has 0 aliphatic carbocycles. The average Bonchev–Trinajstić information content (AvgIpc) is 3.13. The SMILES string of the molecule is COc1ccc(Nc2nc(N)c([N+](=O)[O-])c(NCC3CCCO3)n2)cc1. The number of ether oxygens (including phenoxy) is 2. The molecule has 1 saturated heterocycles. The van der Waals surface area contributed by atoms with Crippen molar-refractivity contribution in [1.29, 1.82) is 0 Å².